The van der Waals surface area contributed by atoms with Crippen molar-refractivity contribution in [3.05, 3.63) is 83.9 Å². The van der Waals surface area contributed by atoms with E-state index in [-0.39, 0.29) is 42.0 Å². The van der Waals surface area contributed by atoms with E-state index in [2.05, 4.69) is 20.3 Å². The van der Waals surface area contributed by atoms with Crippen LogP contribution in [0.5, 0.6) is 0 Å². The summed E-state index contributed by atoms with van der Waals surface area (Å²) in [5.41, 5.74) is 2.92. The Labute approximate surface area is 199 Å². The Morgan fingerprint density at radius 2 is 1.87 bits per heavy atom. The van der Waals surface area contributed by atoms with Crippen molar-refractivity contribution in [2.24, 2.45) is 4.99 Å². The maximum absolute atomic E-state index is 13.3. The fourth-order valence-electron chi connectivity index (χ4n) is 3.67. The smallest absolute Gasteiger partial charge is 0.194 e. The van der Waals surface area contributed by atoms with E-state index in [1.54, 1.807) is 19.2 Å². The topological polar surface area (TPSA) is 54.7 Å². The van der Waals surface area contributed by atoms with Crippen LogP contribution in [0.15, 0.2) is 71.9 Å². The van der Waals surface area contributed by atoms with Crippen LogP contribution in [-0.2, 0) is 11.3 Å². The number of hydrogen-bond acceptors (Lipinski definition) is 3. The van der Waals surface area contributed by atoms with Gasteiger partial charge in [0.15, 0.2) is 5.96 Å². The molecule has 2 aromatic carbocycles. The Hall–Kier alpha value is -2.46. The molecular formula is C23H27FIN5O. The average molecular weight is 535 g/mol. The summed E-state index contributed by atoms with van der Waals surface area (Å²) < 4.78 is 21.2. The molecule has 4 rings (SSSR count). The number of guanidine groups is 1. The largest absolute Gasteiger partial charge is 0.367 e. The lowest BCUT2D eigenvalue weighted by Gasteiger charge is -2.38. The Morgan fingerprint density at radius 3 is 2.58 bits per heavy atom. The van der Waals surface area contributed by atoms with E-state index in [9.17, 15) is 4.39 Å². The Balaban J connectivity index is 0.00000272. The van der Waals surface area contributed by atoms with E-state index in [1.807, 2.05) is 54.2 Å². The number of benzene rings is 2. The summed E-state index contributed by atoms with van der Waals surface area (Å²) in [4.78, 5) is 6.63. The summed E-state index contributed by atoms with van der Waals surface area (Å²) >= 11 is 0. The number of aromatic nitrogens is 2. The summed E-state index contributed by atoms with van der Waals surface area (Å²) in [6.07, 6.45) is 1.85. The lowest BCUT2D eigenvalue weighted by atomic mass is 10.1. The van der Waals surface area contributed by atoms with Crippen LogP contribution < -0.4 is 5.32 Å². The highest BCUT2D eigenvalue weighted by Gasteiger charge is 2.28. The number of nitrogens with one attached hydrogen (secondary N) is 1. The highest BCUT2D eigenvalue weighted by Crippen LogP contribution is 2.25. The van der Waals surface area contributed by atoms with Crippen LogP contribution in [0.2, 0.25) is 0 Å². The van der Waals surface area contributed by atoms with E-state index in [0.717, 1.165) is 29.4 Å². The molecule has 2 heterocycles. The van der Waals surface area contributed by atoms with Gasteiger partial charge in [0.1, 0.15) is 11.9 Å². The van der Waals surface area contributed by atoms with Crippen molar-refractivity contribution in [3.8, 4) is 5.69 Å². The number of morpholine rings is 1. The quantitative estimate of drug-likeness (QED) is 0.310. The number of aliphatic imine (C=N–C) groups is 1. The molecule has 1 aliphatic heterocycles. The molecule has 0 spiro atoms. The zero-order valence-corrected chi connectivity index (χ0v) is 19.9. The van der Waals surface area contributed by atoms with Crippen molar-refractivity contribution in [3.63, 3.8) is 0 Å². The Kier molecular flexibility index (Phi) is 8.03. The number of halogens is 2. The van der Waals surface area contributed by atoms with Crippen LogP contribution in [0.4, 0.5) is 4.39 Å². The first kappa shape index (κ1) is 23.2. The van der Waals surface area contributed by atoms with Crippen LogP contribution in [0.1, 0.15) is 24.3 Å². The second-order valence-corrected chi connectivity index (χ2v) is 7.38. The zero-order valence-electron chi connectivity index (χ0n) is 17.6. The van der Waals surface area contributed by atoms with Gasteiger partial charge in [-0.05, 0) is 42.8 Å². The number of rotatable bonds is 4. The summed E-state index contributed by atoms with van der Waals surface area (Å²) in [7, 11) is 1.78. The van der Waals surface area contributed by atoms with Gasteiger partial charge in [-0.15, -0.1) is 24.0 Å². The van der Waals surface area contributed by atoms with Crippen molar-refractivity contribution in [1.82, 2.24) is 20.0 Å². The van der Waals surface area contributed by atoms with E-state index < -0.39 is 0 Å². The van der Waals surface area contributed by atoms with Gasteiger partial charge in [-0.3, -0.25) is 4.99 Å². The van der Waals surface area contributed by atoms with Crippen molar-refractivity contribution in [2.45, 2.75) is 25.7 Å². The first-order valence-electron chi connectivity index (χ1n) is 10.1. The molecule has 2 atom stereocenters. The van der Waals surface area contributed by atoms with E-state index in [0.29, 0.717) is 13.1 Å². The molecule has 1 saturated heterocycles. The minimum absolute atomic E-state index is 0. The van der Waals surface area contributed by atoms with E-state index in [1.165, 1.54) is 12.1 Å². The molecule has 8 heteroatoms. The summed E-state index contributed by atoms with van der Waals surface area (Å²) in [5.74, 6) is 0.554. The van der Waals surface area contributed by atoms with Gasteiger partial charge < -0.3 is 15.0 Å². The SMILES string of the molecule is CN=C(NCc1ccn(-c2ccccc2)n1)N1CC(C)OC(c2ccc(F)cc2)C1.I. The fraction of sp³-hybridized carbons (Fsp3) is 0.304. The average Bonchev–Trinajstić information content (AvgIpc) is 3.24. The second kappa shape index (κ2) is 10.7. The normalized spacial score (nSPS) is 19.1. The van der Waals surface area contributed by atoms with Crippen LogP contribution >= 0.6 is 24.0 Å². The monoisotopic (exact) mass is 535 g/mol. The van der Waals surface area contributed by atoms with Gasteiger partial charge in [0.25, 0.3) is 0 Å². The predicted molar refractivity (Wildman–Crippen MR) is 130 cm³/mol. The van der Waals surface area contributed by atoms with E-state index in [4.69, 9.17) is 4.74 Å². The van der Waals surface area contributed by atoms with Crippen LogP contribution in [0, 0.1) is 5.82 Å². The highest BCUT2D eigenvalue weighted by molar-refractivity contribution is 14.0. The van der Waals surface area contributed by atoms with Crippen molar-refractivity contribution in [1.29, 1.82) is 0 Å². The molecule has 0 amide bonds. The molecule has 0 saturated carbocycles. The molecule has 1 aliphatic rings. The molecule has 0 aliphatic carbocycles. The van der Waals surface area contributed by atoms with Crippen molar-refractivity contribution < 1.29 is 9.13 Å². The lowest BCUT2D eigenvalue weighted by Crippen LogP contribution is -2.50. The first-order valence-corrected chi connectivity index (χ1v) is 10.1. The van der Waals surface area contributed by atoms with Crippen molar-refractivity contribution in [2.75, 3.05) is 20.1 Å². The molecule has 31 heavy (non-hydrogen) atoms. The predicted octanol–water partition coefficient (Wildman–Crippen LogP) is 4.17. The van der Waals surface area contributed by atoms with Gasteiger partial charge in [-0.2, -0.15) is 5.10 Å². The molecule has 1 fully saturated rings. The summed E-state index contributed by atoms with van der Waals surface area (Å²) in [6, 6.07) is 18.5. The number of nitrogens with zero attached hydrogens (tertiary/aromatic N) is 4. The third kappa shape index (κ3) is 5.82. The minimum atomic E-state index is -0.244. The van der Waals surface area contributed by atoms with Gasteiger partial charge in [0, 0.05) is 19.8 Å². The second-order valence-electron chi connectivity index (χ2n) is 7.38. The minimum Gasteiger partial charge on any atom is -0.367 e. The molecule has 164 valence electrons. The first-order chi connectivity index (χ1) is 14.6. The zero-order chi connectivity index (χ0) is 20.9. The molecule has 1 aromatic heterocycles. The van der Waals surface area contributed by atoms with Gasteiger partial charge in [-0.25, -0.2) is 9.07 Å². The van der Waals surface area contributed by atoms with Gasteiger partial charge >= 0.3 is 0 Å². The standard InChI is InChI=1S/C23H26FN5O.HI/c1-17-15-28(16-22(30-17)18-8-10-19(24)11-9-18)23(25-2)26-14-20-12-13-29(27-20)21-6-4-3-5-7-21;/h3-13,17,22H,14-16H2,1-2H3,(H,25,26);1H. The lowest BCUT2D eigenvalue weighted by molar-refractivity contribution is -0.0605. The summed E-state index contributed by atoms with van der Waals surface area (Å²) in [6.45, 7) is 3.99. The maximum atomic E-state index is 13.3. The molecule has 0 radical (unpaired) electrons. The molecular weight excluding hydrogens is 508 g/mol. The highest BCUT2D eigenvalue weighted by atomic mass is 127. The van der Waals surface area contributed by atoms with Gasteiger partial charge in [0.2, 0.25) is 0 Å². The molecule has 2 unspecified atom stereocenters. The fourth-order valence-corrected chi connectivity index (χ4v) is 3.67. The molecule has 6 nitrogen and oxygen atoms in total. The number of ether oxygens (including phenoxy) is 1. The molecule has 1 N–H and O–H groups in total. The Bertz CT molecular complexity index is 993. The maximum Gasteiger partial charge on any atom is 0.194 e. The van der Waals surface area contributed by atoms with Crippen molar-refractivity contribution >= 4 is 29.9 Å². The van der Waals surface area contributed by atoms with Crippen LogP contribution in [0.25, 0.3) is 5.69 Å². The van der Waals surface area contributed by atoms with Crippen LogP contribution in [-0.4, -0.2) is 46.9 Å². The molecule has 3 aromatic rings. The number of hydrogen-bond donors (Lipinski definition) is 1. The van der Waals surface area contributed by atoms with Crippen LogP contribution in [0.3, 0.4) is 0 Å². The van der Waals surface area contributed by atoms with Gasteiger partial charge in [-0.1, -0.05) is 30.3 Å². The third-order valence-electron chi connectivity index (χ3n) is 5.11. The summed E-state index contributed by atoms with van der Waals surface area (Å²) in [5, 5.41) is 8.04. The Morgan fingerprint density at radius 1 is 1.13 bits per heavy atom. The van der Waals surface area contributed by atoms with Gasteiger partial charge in [0.05, 0.1) is 30.6 Å². The number of para-hydroxylation sites is 1. The third-order valence-corrected chi connectivity index (χ3v) is 5.11. The van der Waals surface area contributed by atoms with E-state index >= 15 is 0 Å². The molecule has 0 bridgehead atoms.